The summed E-state index contributed by atoms with van der Waals surface area (Å²) in [6.07, 6.45) is 1.94. The molecular weight excluding hydrogens is 647 g/mol. The third-order valence-corrected chi connectivity index (χ3v) is 9.37. The van der Waals surface area contributed by atoms with Gasteiger partial charge < -0.3 is 0 Å². The number of aromatic nitrogens is 5. The largest absolute Gasteiger partial charge is 0.256 e. The first-order chi connectivity index (χ1) is 26.1. The molecule has 9 aromatic rings. The van der Waals surface area contributed by atoms with E-state index in [0.29, 0.717) is 17.5 Å². The Hall–Kier alpha value is -7.11. The molecule has 5 nitrogen and oxygen atoms in total. The Balaban J connectivity index is 1.18. The van der Waals surface area contributed by atoms with Crippen LogP contribution in [-0.2, 0) is 0 Å². The van der Waals surface area contributed by atoms with E-state index < -0.39 is 0 Å². The lowest BCUT2D eigenvalue weighted by atomic mass is 9.96. The van der Waals surface area contributed by atoms with E-state index in [2.05, 4.69) is 97.9 Å². The van der Waals surface area contributed by atoms with Crippen LogP contribution in [0.25, 0.3) is 89.8 Å². The Morgan fingerprint density at radius 2 is 0.755 bits per heavy atom. The zero-order chi connectivity index (χ0) is 35.6. The topological polar surface area (TPSA) is 64.5 Å². The van der Waals surface area contributed by atoms with Gasteiger partial charge in [-0.15, -0.1) is 0 Å². The Labute approximate surface area is 308 Å². The van der Waals surface area contributed by atoms with Crippen LogP contribution in [0.1, 0.15) is 5.56 Å². The van der Waals surface area contributed by atoms with Gasteiger partial charge in [-0.1, -0.05) is 140 Å². The molecule has 0 aliphatic carbocycles. The fourth-order valence-electron chi connectivity index (χ4n) is 6.66. The van der Waals surface area contributed by atoms with E-state index in [4.69, 9.17) is 24.9 Å². The fraction of sp³-hybridized carbons (Fsp3) is 0.0208. The maximum atomic E-state index is 5.06. The van der Waals surface area contributed by atoms with Crippen molar-refractivity contribution in [1.29, 1.82) is 0 Å². The molecule has 3 aromatic heterocycles. The maximum absolute atomic E-state index is 5.06. The van der Waals surface area contributed by atoms with Gasteiger partial charge in [-0.2, -0.15) is 0 Å². The molecule has 0 radical (unpaired) electrons. The summed E-state index contributed by atoms with van der Waals surface area (Å²) in [5.74, 6) is 1.83. The minimum Gasteiger partial charge on any atom is -0.256 e. The van der Waals surface area contributed by atoms with Crippen LogP contribution >= 0.6 is 0 Å². The average molecular weight is 680 g/mol. The molecule has 250 valence electrons. The molecule has 0 N–H and O–H groups in total. The van der Waals surface area contributed by atoms with Crippen molar-refractivity contribution in [2.75, 3.05) is 0 Å². The summed E-state index contributed by atoms with van der Waals surface area (Å²) in [5, 5.41) is 2.23. The van der Waals surface area contributed by atoms with Gasteiger partial charge in [0.05, 0.1) is 17.1 Å². The molecule has 0 amide bonds. The number of hydrogen-bond donors (Lipinski definition) is 0. The summed E-state index contributed by atoms with van der Waals surface area (Å²) < 4.78 is 0. The second-order valence-corrected chi connectivity index (χ2v) is 13.1. The molecule has 0 aliphatic heterocycles. The Bertz CT molecular complexity index is 2650. The molecular formula is C48H33N5. The van der Waals surface area contributed by atoms with E-state index in [0.717, 1.165) is 72.4 Å². The summed E-state index contributed by atoms with van der Waals surface area (Å²) >= 11 is 0. The van der Waals surface area contributed by atoms with Crippen LogP contribution in [0.5, 0.6) is 0 Å². The van der Waals surface area contributed by atoms with Crippen LogP contribution < -0.4 is 0 Å². The van der Waals surface area contributed by atoms with Crippen molar-refractivity contribution in [3.05, 3.63) is 188 Å². The van der Waals surface area contributed by atoms with Crippen LogP contribution in [-0.4, -0.2) is 24.9 Å². The first-order valence-electron chi connectivity index (χ1n) is 17.7. The van der Waals surface area contributed by atoms with Crippen molar-refractivity contribution >= 4 is 10.8 Å². The fourth-order valence-corrected chi connectivity index (χ4v) is 6.66. The highest BCUT2D eigenvalue weighted by Gasteiger charge is 2.16. The Morgan fingerprint density at radius 3 is 1.36 bits per heavy atom. The number of rotatable bonds is 7. The van der Waals surface area contributed by atoms with E-state index in [9.17, 15) is 0 Å². The monoisotopic (exact) mass is 679 g/mol. The SMILES string of the molecule is Cc1cc(-c2ccccc2)nc(-c2ccc(-c3cc(-c4cc5ccccc5cn4)cc(-c4nc(-c5ccccc5)nc(-c5ccccc5)n4)c3)cc2)c1. The van der Waals surface area contributed by atoms with E-state index >= 15 is 0 Å². The van der Waals surface area contributed by atoms with Crippen molar-refractivity contribution in [1.82, 2.24) is 24.9 Å². The Kier molecular flexibility index (Phi) is 8.35. The predicted molar refractivity (Wildman–Crippen MR) is 216 cm³/mol. The lowest BCUT2D eigenvalue weighted by Crippen LogP contribution is -2.00. The second-order valence-electron chi connectivity index (χ2n) is 13.1. The quantitative estimate of drug-likeness (QED) is 0.168. The number of pyridine rings is 2. The molecule has 0 saturated carbocycles. The molecule has 0 fully saturated rings. The molecule has 5 heteroatoms. The van der Waals surface area contributed by atoms with Gasteiger partial charge in [-0.3, -0.25) is 4.98 Å². The predicted octanol–water partition coefficient (Wildman–Crippen LogP) is 11.8. The highest BCUT2D eigenvalue weighted by molar-refractivity contribution is 5.87. The molecule has 0 unspecified atom stereocenters. The number of fused-ring (bicyclic) bond motifs is 1. The molecule has 3 heterocycles. The molecule has 6 aromatic carbocycles. The lowest BCUT2D eigenvalue weighted by Gasteiger charge is -2.13. The van der Waals surface area contributed by atoms with Gasteiger partial charge >= 0.3 is 0 Å². The molecule has 0 saturated heterocycles. The highest BCUT2D eigenvalue weighted by atomic mass is 15.0. The Morgan fingerprint density at radius 1 is 0.302 bits per heavy atom. The van der Waals surface area contributed by atoms with Gasteiger partial charge in [0.2, 0.25) is 0 Å². The average Bonchev–Trinajstić information content (AvgIpc) is 3.24. The van der Waals surface area contributed by atoms with E-state index in [1.54, 1.807) is 0 Å². The second kappa shape index (κ2) is 13.9. The van der Waals surface area contributed by atoms with Gasteiger partial charge in [-0.05, 0) is 65.4 Å². The number of hydrogen-bond acceptors (Lipinski definition) is 5. The third kappa shape index (κ3) is 6.72. The van der Waals surface area contributed by atoms with E-state index in [1.165, 1.54) is 5.56 Å². The van der Waals surface area contributed by atoms with Crippen LogP contribution in [0.15, 0.2) is 182 Å². The van der Waals surface area contributed by atoms with Crippen molar-refractivity contribution in [3.8, 4) is 79.1 Å². The van der Waals surface area contributed by atoms with E-state index in [-0.39, 0.29) is 0 Å². The number of aryl methyl sites for hydroxylation is 1. The first-order valence-corrected chi connectivity index (χ1v) is 17.7. The third-order valence-electron chi connectivity index (χ3n) is 9.37. The first kappa shape index (κ1) is 31.8. The number of benzene rings is 6. The minimum absolute atomic E-state index is 0.593. The van der Waals surface area contributed by atoms with Gasteiger partial charge in [-0.25, -0.2) is 19.9 Å². The van der Waals surface area contributed by atoms with Gasteiger partial charge in [0.1, 0.15) is 0 Å². The van der Waals surface area contributed by atoms with Crippen molar-refractivity contribution in [2.45, 2.75) is 6.92 Å². The zero-order valence-electron chi connectivity index (χ0n) is 29.1. The maximum Gasteiger partial charge on any atom is 0.164 e. The van der Waals surface area contributed by atoms with Gasteiger partial charge in [0, 0.05) is 45.0 Å². The molecule has 9 rings (SSSR count). The van der Waals surface area contributed by atoms with Crippen molar-refractivity contribution in [2.24, 2.45) is 0 Å². The summed E-state index contributed by atoms with van der Waals surface area (Å²) in [5.41, 5.74) is 11.9. The summed E-state index contributed by atoms with van der Waals surface area (Å²) in [6.45, 7) is 2.12. The molecule has 0 spiro atoms. The summed E-state index contributed by atoms with van der Waals surface area (Å²) in [7, 11) is 0. The minimum atomic E-state index is 0.593. The molecule has 0 aliphatic rings. The standard InChI is InChI=1S/C48H33N5/c1-32-25-44(34-13-5-2-6-14-34)50-45(26-32)35-23-21-33(22-24-35)40-27-41(43-30-38-19-11-12-20-39(38)31-49-43)29-42(28-40)48-52-46(36-15-7-3-8-16-36)51-47(53-48)37-17-9-4-10-18-37/h2-31H,1H3. The van der Waals surface area contributed by atoms with Crippen LogP contribution in [0.3, 0.4) is 0 Å². The smallest absolute Gasteiger partial charge is 0.164 e. The molecule has 53 heavy (non-hydrogen) atoms. The van der Waals surface area contributed by atoms with Crippen molar-refractivity contribution < 1.29 is 0 Å². The van der Waals surface area contributed by atoms with Crippen LogP contribution in [0.4, 0.5) is 0 Å². The van der Waals surface area contributed by atoms with Crippen LogP contribution in [0, 0.1) is 6.92 Å². The van der Waals surface area contributed by atoms with Crippen molar-refractivity contribution in [3.63, 3.8) is 0 Å². The number of nitrogens with zero attached hydrogens (tertiary/aromatic N) is 5. The van der Waals surface area contributed by atoms with Crippen LogP contribution in [0.2, 0.25) is 0 Å². The normalized spacial score (nSPS) is 11.1. The highest BCUT2D eigenvalue weighted by Crippen LogP contribution is 2.35. The summed E-state index contributed by atoms with van der Waals surface area (Å²) in [4.78, 5) is 25.0. The van der Waals surface area contributed by atoms with E-state index in [1.807, 2.05) is 91.1 Å². The molecule has 0 bridgehead atoms. The lowest BCUT2D eigenvalue weighted by molar-refractivity contribution is 1.07. The molecule has 0 atom stereocenters. The summed E-state index contributed by atoms with van der Waals surface area (Å²) in [6, 6.07) is 60.3. The zero-order valence-corrected chi connectivity index (χ0v) is 29.1. The van der Waals surface area contributed by atoms with Gasteiger partial charge in [0.15, 0.2) is 17.5 Å². The van der Waals surface area contributed by atoms with Gasteiger partial charge in [0.25, 0.3) is 0 Å².